The zero-order valence-electron chi connectivity index (χ0n) is 10.4. The minimum absolute atomic E-state index is 0.115. The minimum Gasteiger partial charge on any atom is -0.397 e. The summed E-state index contributed by atoms with van der Waals surface area (Å²) in [6.45, 7) is 4.00. The van der Waals surface area contributed by atoms with E-state index in [0.717, 1.165) is 10.9 Å². The highest BCUT2D eigenvalue weighted by Crippen LogP contribution is 2.19. The lowest BCUT2D eigenvalue weighted by Crippen LogP contribution is -2.07. The van der Waals surface area contributed by atoms with Crippen LogP contribution in [0, 0.1) is 0 Å². The van der Waals surface area contributed by atoms with Gasteiger partial charge in [0, 0.05) is 10.8 Å². The van der Waals surface area contributed by atoms with Gasteiger partial charge in [-0.15, -0.1) is 0 Å². The van der Waals surface area contributed by atoms with Gasteiger partial charge < -0.3 is 10.7 Å². The normalized spacial score (nSPS) is 10.1. The standard InChI is InChI=1S/C12H9N3O.C2H6/c13-7-5-10-11(14-6-7)8-3-1-2-4-9(8)12(16)15-10;1-2/h1-6H,13H2,(H,15,16);1-2H3. The number of hydrogen-bond acceptors (Lipinski definition) is 3. The van der Waals surface area contributed by atoms with E-state index in [2.05, 4.69) is 9.97 Å². The Kier molecular flexibility index (Phi) is 3.28. The van der Waals surface area contributed by atoms with Gasteiger partial charge in [-0.1, -0.05) is 32.0 Å². The molecule has 0 radical (unpaired) electrons. The predicted molar refractivity (Wildman–Crippen MR) is 75.6 cm³/mol. The lowest BCUT2D eigenvalue weighted by atomic mass is 10.1. The van der Waals surface area contributed by atoms with E-state index in [-0.39, 0.29) is 5.56 Å². The van der Waals surface area contributed by atoms with Crippen molar-refractivity contribution in [3.63, 3.8) is 0 Å². The van der Waals surface area contributed by atoms with E-state index < -0.39 is 0 Å². The van der Waals surface area contributed by atoms with Gasteiger partial charge in [-0.25, -0.2) is 0 Å². The maximum Gasteiger partial charge on any atom is 0.256 e. The Hall–Kier alpha value is -2.36. The summed E-state index contributed by atoms with van der Waals surface area (Å²) in [7, 11) is 0. The summed E-state index contributed by atoms with van der Waals surface area (Å²) in [5.74, 6) is 0. The molecule has 3 N–H and O–H groups in total. The first-order valence-electron chi connectivity index (χ1n) is 5.92. The Labute approximate surface area is 104 Å². The molecule has 4 nitrogen and oxygen atoms in total. The summed E-state index contributed by atoms with van der Waals surface area (Å²) >= 11 is 0. The van der Waals surface area contributed by atoms with Crippen LogP contribution in [0.15, 0.2) is 41.3 Å². The third-order valence-corrected chi connectivity index (χ3v) is 2.58. The Morgan fingerprint density at radius 3 is 2.56 bits per heavy atom. The van der Waals surface area contributed by atoms with Gasteiger partial charge in [-0.2, -0.15) is 0 Å². The first kappa shape index (κ1) is 12.1. The van der Waals surface area contributed by atoms with Crippen molar-refractivity contribution in [2.75, 3.05) is 5.73 Å². The summed E-state index contributed by atoms with van der Waals surface area (Å²) in [6, 6.07) is 9.11. The highest BCUT2D eigenvalue weighted by atomic mass is 16.1. The molecule has 92 valence electrons. The van der Waals surface area contributed by atoms with E-state index in [0.29, 0.717) is 16.6 Å². The minimum atomic E-state index is -0.115. The molecule has 0 atom stereocenters. The molecular formula is C14H15N3O. The molecular weight excluding hydrogens is 226 g/mol. The number of nitrogens with zero attached hydrogens (tertiary/aromatic N) is 1. The van der Waals surface area contributed by atoms with Crippen LogP contribution in [0.1, 0.15) is 13.8 Å². The van der Waals surface area contributed by atoms with Crippen LogP contribution in [0.25, 0.3) is 21.8 Å². The molecule has 3 rings (SSSR count). The van der Waals surface area contributed by atoms with E-state index in [4.69, 9.17) is 5.73 Å². The lowest BCUT2D eigenvalue weighted by Gasteiger charge is -2.02. The molecule has 0 fully saturated rings. The van der Waals surface area contributed by atoms with Crippen LogP contribution in [0.3, 0.4) is 0 Å². The van der Waals surface area contributed by atoms with Crippen LogP contribution in [0.4, 0.5) is 5.69 Å². The van der Waals surface area contributed by atoms with Gasteiger partial charge in [0.05, 0.1) is 22.9 Å². The van der Waals surface area contributed by atoms with Crippen LogP contribution in [0.2, 0.25) is 0 Å². The number of H-pyrrole nitrogens is 1. The molecule has 0 saturated heterocycles. The summed E-state index contributed by atoms with van der Waals surface area (Å²) in [6.07, 6.45) is 1.59. The molecule has 4 heteroatoms. The smallest absolute Gasteiger partial charge is 0.256 e. The van der Waals surface area contributed by atoms with Crippen molar-refractivity contribution >= 4 is 27.5 Å². The number of nitrogen functional groups attached to an aromatic ring is 1. The SMILES string of the molecule is CC.Nc1cnc2c(c1)[nH]c(=O)c1ccccc12. The van der Waals surface area contributed by atoms with Gasteiger partial charge in [-0.05, 0) is 12.1 Å². The molecule has 2 heterocycles. The highest BCUT2D eigenvalue weighted by Gasteiger charge is 2.05. The molecule has 0 aliphatic heterocycles. The van der Waals surface area contributed by atoms with Crippen molar-refractivity contribution < 1.29 is 0 Å². The average molecular weight is 241 g/mol. The largest absolute Gasteiger partial charge is 0.397 e. The quantitative estimate of drug-likeness (QED) is 0.594. The van der Waals surface area contributed by atoms with Crippen LogP contribution in [-0.4, -0.2) is 9.97 Å². The van der Waals surface area contributed by atoms with Crippen LogP contribution >= 0.6 is 0 Å². The van der Waals surface area contributed by atoms with Gasteiger partial charge in [0.1, 0.15) is 0 Å². The number of nitrogens with one attached hydrogen (secondary N) is 1. The molecule has 0 saturated carbocycles. The van der Waals surface area contributed by atoms with Gasteiger partial charge >= 0.3 is 0 Å². The third-order valence-electron chi connectivity index (χ3n) is 2.58. The Morgan fingerprint density at radius 1 is 1.17 bits per heavy atom. The number of nitrogens with two attached hydrogens (primary N) is 1. The molecule has 0 aliphatic carbocycles. The predicted octanol–water partition coefficient (Wildman–Crippen LogP) is 2.68. The van der Waals surface area contributed by atoms with Crippen molar-refractivity contribution in [2.24, 2.45) is 0 Å². The van der Waals surface area contributed by atoms with Crippen LogP contribution < -0.4 is 11.3 Å². The zero-order chi connectivity index (χ0) is 13.1. The van der Waals surface area contributed by atoms with Crippen molar-refractivity contribution in [2.45, 2.75) is 13.8 Å². The molecule has 3 aromatic rings. The number of anilines is 1. The molecule has 1 aromatic carbocycles. The van der Waals surface area contributed by atoms with Gasteiger partial charge in [-0.3, -0.25) is 9.78 Å². The number of pyridine rings is 2. The van der Waals surface area contributed by atoms with E-state index in [1.54, 1.807) is 18.3 Å². The first-order valence-corrected chi connectivity index (χ1v) is 5.92. The second-order valence-electron chi connectivity index (χ2n) is 3.66. The molecule has 0 amide bonds. The van der Waals surface area contributed by atoms with Crippen LogP contribution in [0.5, 0.6) is 0 Å². The van der Waals surface area contributed by atoms with Gasteiger partial charge in [0.25, 0.3) is 5.56 Å². The van der Waals surface area contributed by atoms with E-state index >= 15 is 0 Å². The molecule has 18 heavy (non-hydrogen) atoms. The number of fused-ring (bicyclic) bond motifs is 3. The van der Waals surface area contributed by atoms with Crippen molar-refractivity contribution in [3.8, 4) is 0 Å². The number of rotatable bonds is 0. The Bertz CT molecular complexity index is 747. The highest BCUT2D eigenvalue weighted by molar-refractivity contribution is 6.03. The summed E-state index contributed by atoms with van der Waals surface area (Å²) in [5.41, 5.74) is 7.50. The lowest BCUT2D eigenvalue weighted by molar-refractivity contribution is 1.31. The van der Waals surface area contributed by atoms with Crippen LogP contribution in [-0.2, 0) is 0 Å². The fourth-order valence-electron chi connectivity index (χ4n) is 1.87. The molecule has 2 aromatic heterocycles. The third kappa shape index (κ3) is 1.93. The van der Waals surface area contributed by atoms with E-state index in [9.17, 15) is 4.79 Å². The fourth-order valence-corrected chi connectivity index (χ4v) is 1.87. The maximum atomic E-state index is 11.8. The number of benzene rings is 1. The number of aromatic amines is 1. The summed E-state index contributed by atoms with van der Waals surface area (Å²) in [4.78, 5) is 18.8. The number of aromatic nitrogens is 2. The Balaban J connectivity index is 0.000000574. The molecule has 0 bridgehead atoms. The van der Waals surface area contributed by atoms with E-state index in [1.165, 1.54) is 0 Å². The average Bonchev–Trinajstić information content (AvgIpc) is 2.41. The Morgan fingerprint density at radius 2 is 1.83 bits per heavy atom. The van der Waals surface area contributed by atoms with Gasteiger partial charge in [0.2, 0.25) is 0 Å². The summed E-state index contributed by atoms with van der Waals surface area (Å²) in [5, 5.41) is 1.49. The zero-order valence-corrected chi connectivity index (χ0v) is 10.4. The van der Waals surface area contributed by atoms with E-state index in [1.807, 2.05) is 32.0 Å². The first-order chi connectivity index (χ1) is 8.75. The van der Waals surface area contributed by atoms with Crippen molar-refractivity contribution in [1.82, 2.24) is 9.97 Å². The maximum absolute atomic E-state index is 11.8. The monoisotopic (exact) mass is 241 g/mol. The summed E-state index contributed by atoms with van der Waals surface area (Å²) < 4.78 is 0. The molecule has 0 unspecified atom stereocenters. The molecule has 0 aliphatic rings. The fraction of sp³-hybridized carbons (Fsp3) is 0.143. The second-order valence-corrected chi connectivity index (χ2v) is 3.66. The second kappa shape index (κ2) is 4.87. The number of hydrogen-bond donors (Lipinski definition) is 2. The topological polar surface area (TPSA) is 71.8 Å². The van der Waals surface area contributed by atoms with Gasteiger partial charge in [0.15, 0.2) is 0 Å². The van der Waals surface area contributed by atoms with Crippen molar-refractivity contribution in [3.05, 3.63) is 46.9 Å². The molecule has 0 spiro atoms. The van der Waals surface area contributed by atoms with Crippen molar-refractivity contribution in [1.29, 1.82) is 0 Å².